The fraction of sp³-hybridized carbons (Fsp3) is 0.929. The van der Waals surface area contributed by atoms with Crippen molar-refractivity contribution < 1.29 is 9.90 Å². The van der Waals surface area contributed by atoms with Gasteiger partial charge in [0.1, 0.15) is 0 Å². The second-order valence-corrected chi connectivity index (χ2v) is 5.13. The molecule has 95 valence electrons. The lowest BCUT2D eigenvalue weighted by Crippen LogP contribution is -1.91. The molecule has 2 nitrogen and oxygen atoms in total. The van der Waals surface area contributed by atoms with E-state index in [9.17, 15) is 9.90 Å². The Morgan fingerprint density at radius 1 is 0.812 bits per heavy atom. The van der Waals surface area contributed by atoms with E-state index in [2.05, 4.69) is 13.8 Å². The number of unbranched alkanes of at least 4 members (excludes halogenated alkanes) is 7. The molecule has 2 heteroatoms. The van der Waals surface area contributed by atoms with E-state index < -0.39 is 5.97 Å². The number of hydrogen-bond donors (Lipinski definition) is 0. The zero-order chi connectivity index (χ0) is 12.2. The summed E-state index contributed by atoms with van der Waals surface area (Å²) < 4.78 is 0. The van der Waals surface area contributed by atoms with Gasteiger partial charge in [-0.05, 0) is 12.3 Å². The van der Waals surface area contributed by atoms with Gasteiger partial charge in [-0.3, -0.25) is 0 Å². The fourth-order valence-corrected chi connectivity index (χ4v) is 1.88. The number of carbonyl (C=O) groups excluding carboxylic acids is 1. The monoisotopic (exact) mass is 227 g/mol. The molecule has 0 heterocycles. The Morgan fingerprint density at radius 2 is 1.25 bits per heavy atom. The summed E-state index contributed by atoms with van der Waals surface area (Å²) in [6.07, 6.45) is 11.2. The summed E-state index contributed by atoms with van der Waals surface area (Å²) in [6.45, 7) is 4.55. The molecule has 0 atom stereocenters. The van der Waals surface area contributed by atoms with E-state index in [4.69, 9.17) is 0 Å². The van der Waals surface area contributed by atoms with Gasteiger partial charge in [-0.15, -0.1) is 0 Å². The average molecular weight is 227 g/mol. The van der Waals surface area contributed by atoms with Crippen molar-refractivity contribution in [3.8, 4) is 0 Å². The topological polar surface area (TPSA) is 37.0 Å². The summed E-state index contributed by atoms with van der Waals surface area (Å²) in [5.41, 5.74) is 0. The standard InChI is InChI=1S/C14H27O2/c1-13(2)11-9-7-5-3-4-6-8-10-12-14(15)16/h13H,3-12H2,1-2H3. The molecule has 0 aromatic carbocycles. The Hall–Kier alpha value is -0.530. The van der Waals surface area contributed by atoms with Gasteiger partial charge in [0.15, 0.2) is 0 Å². The second-order valence-electron chi connectivity index (χ2n) is 5.13. The SMILES string of the molecule is CC(C)CCCCCCCCCCC([O])=O. The molecule has 0 N–H and O–H groups in total. The predicted octanol–water partition coefficient (Wildman–Crippen LogP) is 4.50. The van der Waals surface area contributed by atoms with Gasteiger partial charge in [0.25, 0.3) is 0 Å². The van der Waals surface area contributed by atoms with Crippen molar-refractivity contribution in [2.24, 2.45) is 5.92 Å². The average Bonchev–Trinajstić information content (AvgIpc) is 2.20. The van der Waals surface area contributed by atoms with Gasteiger partial charge in [0.05, 0.1) is 6.42 Å². The van der Waals surface area contributed by atoms with Crippen LogP contribution in [0.3, 0.4) is 0 Å². The normalized spacial score (nSPS) is 10.9. The molecule has 0 aliphatic rings. The van der Waals surface area contributed by atoms with Crippen LogP contribution in [0.25, 0.3) is 0 Å². The maximum absolute atomic E-state index is 10.2. The largest absolute Gasteiger partial charge is 0.355 e. The van der Waals surface area contributed by atoms with Gasteiger partial charge < -0.3 is 0 Å². The van der Waals surface area contributed by atoms with E-state index in [1.165, 1.54) is 44.9 Å². The minimum Gasteiger partial charge on any atom is -0.247 e. The second kappa shape index (κ2) is 11.0. The van der Waals surface area contributed by atoms with Crippen LogP contribution in [0.15, 0.2) is 0 Å². The molecule has 0 saturated carbocycles. The molecule has 0 bridgehead atoms. The summed E-state index contributed by atoms with van der Waals surface area (Å²) in [6, 6.07) is 0. The third kappa shape index (κ3) is 13.5. The van der Waals surface area contributed by atoms with Crippen molar-refractivity contribution in [3.63, 3.8) is 0 Å². The number of rotatable bonds is 11. The van der Waals surface area contributed by atoms with Gasteiger partial charge in [-0.1, -0.05) is 65.2 Å². The third-order valence-electron chi connectivity index (χ3n) is 2.91. The van der Waals surface area contributed by atoms with Crippen LogP contribution in [0.2, 0.25) is 0 Å². The maximum atomic E-state index is 10.2. The Morgan fingerprint density at radius 3 is 1.69 bits per heavy atom. The molecule has 0 unspecified atom stereocenters. The first-order chi connectivity index (χ1) is 7.63. The Kier molecular flexibility index (Phi) is 10.6. The van der Waals surface area contributed by atoms with Gasteiger partial charge in [-0.2, -0.15) is 0 Å². The van der Waals surface area contributed by atoms with Gasteiger partial charge in [0, 0.05) is 0 Å². The Bertz CT molecular complexity index is 164. The zero-order valence-corrected chi connectivity index (χ0v) is 11.0. The molecule has 0 saturated heterocycles. The Balaban J connectivity index is 2.96. The van der Waals surface area contributed by atoms with Crippen molar-refractivity contribution in [3.05, 3.63) is 0 Å². The van der Waals surface area contributed by atoms with Gasteiger partial charge >= 0.3 is 5.97 Å². The lowest BCUT2D eigenvalue weighted by molar-refractivity contribution is -0.143. The van der Waals surface area contributed by atoms with Gasteiger partial charge in [0.2, 0.25) is 0 Å². The summed E-state index contributed by atoms with van der Waals surface area (Å²) in [5, 5.41) is 10.2. The van der Waals surface area contributed by atoms with E-state index in [-0.39, 0.29) is 6.42 Å². The molecule has 0 aromatic rings. The highest BCUT2D eigenvalue weighted by atomic mass is 16.4. The van der Waals surface area contributed by atoms with Crippen LogP contribution in [0, 0.1) is 5.92 Å². The first-order valence-electron chi connectivity index (χ1n) is 6.82. The first kappa shape index (κ1) is 15.5. The third-order valence-corrected chi connectivity index (χ3v) is 2.91. The molecular weight excluding hydrogens is 200 g/mol. The highest BCUT2D eigenvalue weighted by Crippen LogP contribution is 2.12. The molecule has 0 aliphatic carbocycles. The van der Waals surface area contributed by atoms with Crippen molar-refractivity contribution in [2.75, 3.05) is 0 Å². The molecule has 0 rings (SSSR count). The van der Waals surface area contributed by atoms with E-state index in [0.29, 0.717) is 0 Å². The molecule has 16 heavy (non-hydrogen) atoms. The van der Waals surface area contributed by atoms with Crippen LogP contribution in [0.4, 0.5) is 0 Å². The Labute approximate surface area is 100 Å². The summed E-state index contributed by atoms with van der Waals surface area (Å²) in [7, 11) is 0. The first-order valence-corrected chi connectivity index (χ1v) is 6.82. The van der Waals surface area contributed by atoms with E-state index >= 15 is 0 Å². The van der Waals surface area contributed by atoms with Crippen LogP contribution in [0.1, 0.15) is 78.1 Å². The molecule has 0 amide bonds. The van der Waals surface area contributed by atoms with Gasteiger partial charge in [-0.25, -0.2) is 9.90 Å². The number of hydrogen-bond acceptors (Lipinski definition) is 1. The minimum absolute atomic E-state index is 0.231. The van der Waals surface area contributed by atoms with Crippen molar-refractivity contribution in [1.29, 1.82) is 0 Å². The minimum atomic E-state index is -0.909. The maximum Gasteiger partial charge on any atom is 0.355 e. The van der Waals surface area contributed by atoms with Crippen molar-refractivity contribution in [1.82, 2.24) is 0 Å². The van der Waals surface area contributed by atoms with E-state index in [1.54, 1.807) is 0 Å². The predicted molar refractivity (Wildman–Crippen MR) is 66.7 cm³/mol. The molecule has 0 aromatic heterocycles. The van der Waals surface area contributed by atoms with Crippen LogP contribution in [-0.2, 0) is 9.90 Å². The highest BCUT2D eigenvalue weighted by molar-refractivity contribution is 5.66. The van der Waals surface area contributed by atoms with Crippen molar-refractivity contribution >= 4 is 5.97 Å². The lowest BCUT2D eigenvalue weighted by atomic mass is 10.0. The quantitative estimate of drug-likeness (QED) is 0.479. The van der Waals surface area contributed by atoms with Crippen LogP contribution in [-0.4, -0.2) is 5.97 Å². The summed E-state index contributed by atoms with van der Waals surface area (Å²) in [5.74, 6) is -0.0710. The summed E-state index contributed by atoms with van der Waals surface area (Å²) >= 11 is 0. The summed E-state index contributed by atoms with van der Waals surface area (Å²) in [4.78, 5) is 10.2. The smallest absolute Gasteiger partial charge is 0.247 e. The highest BCUT2D eigenvalue weighted by Gasteiger charge is 1.98. The van der Waals surface area contributed by atoms with Crippen LogP contribution in [0.5, 0.6) is 0 Å². The molecule has 1 radical (unpaired) electrons. The molecule has 0 aliphatic heterocycles. The molecule has 0 spiro atoms. The van der Waals surface area contributed by atoms with Crippen LogP contribution >= 0.6 is 0 Å². The molecular formula is C14H27O2. The van der Waals surface area contributed by atoms with E-state index in [1.807, 2.05) is 0 Å². The number of carbonyl (C=O) groups is 1. The fourth-order valence-electron chi connectivity index (χ4n) is 1.88. The van der Waals surface area contributed by atoms with Crippen LogP contribution < -0.4 is 0 Å². The molecule has 0 fully saturated rings. The lowest BCUT2D eigenvalue weighted by Gasteiger charge is -2.04. The van der Waals surface area contributed by atoms with Crippen molar-refractivity contribution in [2.45, 2.75) is 78.1 Å². The van der Waals surface area contributed by atoms with E-state index in [0.717, 1.165) is 18.8 Å². The zero-order valence-electron chi connectivity index (χ0n) is 11.0.